The molecule has 0 aliphatic carbocycles. The van der Waals surface area contributed by atoms with Crippen LogP contribution in [0, 0.1) is 5.41 Å². The summed E-state index contributed by atoms with van der Waals surface area (Å²) in [5.41, 5.74) is 5.66. The molecule has 16 heavy (non-hydrogen) atoms. The van der Waals surface area contributed by atoms with E-state index >= 15 is 0 Å². The van der Waals surface area contributed by atoms with Crippen LogP contribution in [0.5, 0.6) is 0 Å². The summed E-state index contributed by atoms with van der Waals surface area (Å²) < 4.78 is 5.38. The molecule has 0 spiro atoms. The number of nitrogens with two attached hydrogens (primary N) is 1. The van der Waals surface area contributed by atoms with E-state index in [1.807, 2.05) is 27.7 Å². The molecular weight excluding hydrogens is 228 g/mol. The molecule has 0 radical (unpaired) electrons. The third-order valence-corrected chi connectivity index (χ3v) is 2.92. The molecule has 2 unspecified atom stereocenters. The topological polar surface area (TPSA) is 64.3 Å². The summed E-state index contributed by atoms with van der Waals surface area (Å²) in [5, 5.41) is 2.95. The Balaban J connectivity index is 0.00000225. The minimum Gasteiger partial charge on any atom is -0.376 e. The van der Waals surface area contributed by atoms with Crippen LogP contribution < -0.4 is 11.1 Å². The van der Waals surface area contributed by atoms with E-state index in [9.17, 15) is 4.79 Å². The number of halogens is 1. The van der Waals surface area contributed by atoms with E-state index in [1.54, 1.807) is 0 Å². The standard InChI is InChI=1S/C11H22N2O2.ClH/c1-7-8(5-6-15-7)13-10(14)9(12)11(2,3)4;/h7-9H,5-6,12H2,1-4H3,(H,13,14);1H/t7?,8?,9-;/m1./s1. The lowest BCUT2D eigenvalue weighted by atomic mass is 9.86. The fourth-order valence-electron chi connectivity index (χ4n) is 1.59. The number of ether oxygens (including phenoxy) is 1. The Bertz CT molecular complexity index is 241. The third-order valence-electron chi connectivity index (χ3n) is 2.92. The van der Waals surface area contributed by atoms with Crippen molar-refractivity contribution < 1.29 is 9.53 Å². The van der Waals surface area contributed by atoms with Crippen molar-refractivity contribution in [3.63, 3.8) is 0 Å². The van der Waals surface area contributed by atoms with Gasteiger partial charge in [0.25, 0.3) is 0 Å². The Morgan fingerprint density at radius 3 is 2.44 bits per heavy atom. The van der Waals surface area contributed by atoms with Gasteiger partial charge < -0.3 is 15.8 Å². The van der Waals surface area contributed by atoms with Crippen LogP contribution >= 0.6 is 12.4 Å². The second-order valence-corrected chi connectivity index (χ2v) is 5.32. The highest BCUT2D eigenvalue weighted by Gasteiger charge is 2.32. The van der Waals surface area contributed by atoms with E-state index in [0.29, 0.717) is 0 Å². The molecule has 4 nitrogen and oxygen atoms in total. The van der Waals surface area contributed by atoms with Gasteiger partial charge in [0.15, 0.2) is 0 Å². The highest BCUT2D eigenvalue weighted by atomic mass is 35.5. The van der Waals surface area contributed by atoms with E-state index in [1.165, 1.54) is 0 Å². The molecule has 1 fully saturated rings. The van der Waals surface area contributed by atoms with Gasteiger partial charge in [-0.15, -0.1) is 12.4 Å². The minimum atomic E-state index is -0.467. The zero-order chi connectivity index (χ0) is 11.6. The molecule has 1 amide bonds. The van der Waals surface area contributed by atoms with Gasteiger partial charge in [-0.2, -0.15) is 0 Å². The highest BCUT2D eigenvalue weighted by molar-refractivity contribution is 5.85. The third kappa shape index (κ3) is 3.92. The number of nitrogens with one attached hydrogen (secondary N) is 1. The molecule has 0 aromatic rings. The van der Waals surface area contributed by atoms with E-state index in [2.05, 4.69) is 5.32 Å². The number of hydrogen-bond acceptors (Lipinski definition) is 3. The van der Waals surface area contributed by atoms with Gasteiger partial charge in [-0.3, -0.25) is 4.79 Å². The molecular formula is C11H23ClN2O2. The van der Waals surface area contributed by atoms with Gasteiger partial charge in [-0.1, -0.05) is 20.8 Å². The Kier molecular flexibility index (Phi) is 5.73. The normalized spacial score (nSPS) is 27.1. The van der Waals surface area contributed by atoms with Crippen molar-refractivity contribution in [2.45, 2.75) is 52.3 Å². The first-order valence-corrected chi connectivity index (χ1v) is 5.50. The van der Waals surface area contributed by atoms with Crippen molar-refractivity contribution in [2.24, 2.45) is 11.1 Å². The second kappa shape index (κ2) is 5.84. The van der Waals surface area contributed by atoms with Gasteiger partial charge in [-0.05, 0) is 18.8 Å². The van der Waals surface area contributed by atoms with Gasteiger partial charge in [-0.25, -0.2) is 0 Å². The summed E-state index contributed by atoms with van der Waals surface area (Å²) in [6.07, 6.45) is 0.977. The molecule has 0 bridgehead atoms. The van der Waals surface area contributed by atoms with Crippen LogP contribution in [0.25, 0.3) is 0 Å². The first-order valence-electron chi connectivity index (χ1n) is 5.50. The number of carbonyl (C=O) groups is 1. The van der Waals surface area contributed by atoms with Crippen LogP contribution in [-0.4, -0.2) is 30.7 Å². The Hall–Kier alpha value is -0.320. The SMILES string of the molecule is CC1OCCC1NC(=O)[C@@H](N)C(C)(C)C.Cl. The summed E-state index contributed by atoms with van der Waals surface area (Å²) in [4.78, 5) is 11.8. The fourth-order valence-corrected chi connectivity index (χ4v) is 1.59. The molecule has 0 aromatic heterocycles. The average molecular weight is 251 g/mol. The molecule has 1 rings (SSSR count). The van der Waals surface area contributed by atoms with Gasteiger partial charge >= 0.3 is 0 Å². The molecule has 0 saturated carbocycles. The molecule has 0 aromatic carbocycles. The maximum Gasteiger partial charge on any atom is 0.237 e. The minimum absolute atomic E-state index is 0. The first kappa shape index (κ1) is 15.7. The van der Waals surface area contributed by atoms with Crippen molar-refractivity contribution in [3.8, 4) is 0 Å². The highest BCUT2D eigenvalue weighted by Crippen LogP contribution is 2.19. The smallest absolute Gasteiger partial charge is 0.237 e. The summed E-state index contributed by atoms with van der Waals surface area (Å²) in [6, 6.07) is -0.351. The van der Waals surface area contributed by atoms with Gasteiger partial charge in [0.05, 0.1) is 18.2 Å². The predicted molar refractivity (Wildman–Crippen MR) is 66.6 cm³/mol. The molecule has 3 atom stereocenters. The van der Waals surface area contributed by atoms with Crippen LogP contribution in [0.1, 0.15) is 34.1 Å². The number of hydrogen-bond donors (Lipinski definition) is 2. The lowest BCUT2D eigenvalue weighted by molar-refractivity contribution is -0.125. The van der Waals surface area contributed by atoms with E-state index in [0.717, 1.165) is 13.0 Å². The second-order valence-electron chi connectivity index (χ2n) is 5.32. The summed E-state index contributed by atoms with van der Waals surface area (Å²) in [7, 11) is 0. The molecule has 3 N–H and O–H groups in total. The van der Waals surface area contributed by atoms with Crippen LogP contribution in [0.3, 0.4) is 0 Å². The van der Waals surface area contributed by atoms with Crippen molar-refractivity contribution in [1.29, 1.82) is 0 Å². The molecule has 96 valence electrons. The Morgan fingerprint density at radius 2 is 2.06 bits per heavy atom. The zero-order valence-corrected chi connectivity index (χ0v) is 11.3. The largest absolute Gasteiger partial charge is 0.376 e. The zero-order valence-electron chi connectivity index (χ0n) is 10.4. The quantitative estimate of drug-likeness (QED) is 0.771. The molecule has 1 saturated heterocycles. The van der Waals surface area contributed by atoms with Crippen LogP contribution in [0.15, 0.2) is 0 Å². The van der Waals surface area contributed by atoms with Gasteiger partial charge in [0.2, 0.25) is 5.91 Å². The van der Waals surface area contributed by atoms with E-state index < -0.39 is 6.04 Å². The molecule has 5 heteroatoms. The lowest BCUT2D eigenvalue weighted by Crippen LogP contribution is -2.52. The van der Waals surface area contributed by atoms with Crippen molar-refractivity contribution in [1.82, 2.24) is 5.32 Å². The molecule has 1 aliphatic heterocycles. The number of carbonyl (C=O) groups excluding carboxylic acids is 1. The molecule has 1 aliphatic rings. The van der Waals surface area contributed by atoms with Gasteiger partial charge in [0, 0.05) is 6.61 Å². The monoisotopic (exact) mass is 250 g/mol. The lowest BCUT2D eigenvalue weighted by Gasteiger charge is -2.27. The Morgan fingerprint density at radius 1 is 1.50 bits per heavy atom. The first-order chi connectivity index (χ1) is 6.82. The van der Waals surface area contributed by atoms with Crippen molar-refractivity contribution in [2.75, 3.05) is 6.61 Å². The van der Waals surface area contributed by atoms with Crippen LogP contribution in [0.2, 0.25) is 0 Å². The number of amides is 1. The van der Waals surface area contributed by atoms with Crippen LogP contribution in [0.4, 0.5) is 0 Å². The predicted octanol–water partition coefficient (Wildman–Crippen LogP) is 1.08. The summed E-state index contributed by atoms with van der Waals surface area (Å²) >= 11 is 0. The maximum absolute atomic E-state index is 11.8. The average Bonchev–Trinajstić information content (AvgIpc) is 2.49. The van der Waals surface area contributed by atoms with Crippen molar-refractivity contribution in [3.05, 3.63) is 0 Å². The Labute approximate surface area is 104 Å². The van der Waals surface area contributed by atoms with E-state index in [4.69, 9.17) is 10.5 Å². The fraction of sp³-hybridized carbons (Fsp3) is 0.909. The van der Waals surface area contributed by atoms with E-state index in [-0.39, 0.29) is 35.9 Å². The van der Waals surface area contributed by atoms with Gasteiger partial charge in [0.1, 0.15) is 0 Å². The number of rotatable bonds is 2. The summed E-state index contributed by atoms with van der Waals surface area (Å²) in [5.74, 6) is -0.0788. The molecule has 1 heterocycles. The maximum atomic E-state index is 11.8. The van der Waals surface area contributed by atoms with Crippen LogP contribution in [-0.2, 0) is 9.53 Å². The summed E-state index contributed by atoms with van der Waals surface area (Å²) in [6.45, 7) is 8.58. The van der Waals surface area contributed by atoms with Crippen molar-refractivity contribution >= 4 is 18.3 Å².